The van der Waals surface area contributed by atoms with Crippen molar-refractivity contribution in [2.24, 2.45) is 22.7 Å². The SMILES string of the molecule is COC(=O)[C@@]12OC[C@@]34[C@@H](CC5=C(C)C(=O)C=C[C@]5(C)[C@H]3[C@@H](O)[C@@H]1O)OC(=O)[C@H](OC(=O)C=C(C)C)[C@@H]24. The Morgan fingerprint density at radius 1 is 1.19 bits per heavy atom. The lowest BCUT2D eigenvalue weighted by Gasteiger charge is -2.65. The first-order chi connectivity index (χ1) is 16.9. The molecular weight excluding hydrogens is 472 g/mol. The van der Waals surface area contributed by atoms with Gasteiger partial charge >= 0.3 is 17.9 Å². The van der Waals surface area contributed by atoms with E-state index in [1.807, 2.05) is 6.92 Å². The van der Waals surface area contributed by atoms with Crippen LogP contribution in [0.2, 0.25) is 0 Å². The number of hydrogen-bond donors (Lipinski definition) is 2. The largest absolute Gasteiger partial charge is 0.467 e. The van der Waals surface area contributed by atoms with Gasteiger partial charge in [-0.05, 0) is 38.0 Å². The Balaban J connectivity index is 1.75. The molecule has 9 atom stereocenters. The molecule has 4 fully saturated rings. The Bertz CT molecular complexity index is 1160. The van der Waals surface area contributed by atoms with Gasteiger partial charge in [-0.15, -0.1) is 0 Å². The number of ether oxygens (including phenoxy) is 4. The molecule has 0 amide bonds. The van der Waals surface area contributed by atoms with E-state index in [1.54, 1.807) is 26.8 Å². The molecule has 2 saturated carbocycles. The highest BCUT2D eigenvalue weighted by Gasteiger charge is 2.84. The van der Waals surface area contributed by atoms with E-state index >= 15 is 0 Å². The number of methoxy groups -OCH3 is 1. The summed E-state index contributed by atoms with van der Waals surface area (Å²) in [7, 11) is 1.11. The third kappa shape index (κ3) is 2.83. The van der Waals surface area contributed by atoms with Crippen LogP contribution < -0.4 is 0 Å². The molecule has 2 bridgehead atoms. The van der Waals surface area contributed by atoms with Crippen LogP contribution in [0.15, 0.2) is 34.9 Å². The molecule has 0 aromatic carbocycles. The van der Waals surface area contributed by atoms with Gasteiger partial charge in [0.25, 0.3) is 0 Å². The highest BCUT2D eigenvalue weighted by atomic mass is 16.6. The van der Waals surface area contributed by atoms with Gasteiger partial charge in [0.2, 0.25) is 11.7 Å². The number of ketones is 1. The van der Waals surface area contributed by atoms with Crippen LogP contribution in [0.3, 0.4) is 0 Å². The number of aliphatic hydroxyl groups excluding tert-OH is 2. The molecule has 5 aliphatic rings. The van der Waals surface area contributed by atoms with Crippen molar-refractivity contribution in [3.05, 3.63) is 34.9 Å². The summed E-state index contributed by atoms with van der Waals surface area (Å²) >= 11 is 0. The van der Waals surface area contributed by atoms with E-state index in [0.717, 1.165) is 7.11 Å². The maximum Gasteiger partial charge on any atom is 0.348 e. The predicted molar refractivity (Wildman–Crippen MR) is 121 cm³/mol. The molecule has 3 aliphatic carbocycles. The molecule has 2 N–H and O–H groups in total. The van der Waals surface area contributed by atoms with E-state index in [4.69, 9.17) is 18.9 Å². The third-order valence-corrected chi connectivity index (χ3v) is 8.92. The van der Waals surface area contributed by atoms with Gasteiger partial charge in [0.1, 0.15) is 12.2 Å². The molecule has 5 rings (SSSR count). The Kier molecular flexibility index (Phi) is 5.41. The number of allylic oxidation sites excluding steroid dienone is 4. The van der Waals surface area contributed by atoms with Crippen molar-refractivity contribution >= 4 is 23.7 Å². The zero-order chi connectivity index (χ0) is 26.4. The molecule has 36 heavy (non-hydrogen) atoms. The van der Waals surface area contributed by atoms with Crippen LogP contribution in [0.4, 0.5) is 0 Å². The standard InChI is InChI=1S/C26H30O10/c1-11(2)8-16(28)36-18-20-25-10-34-26(20,23(32)33-5)21(30)17(29)19(25)24(4)7-6-14(27)12(3)13(24)9-15(25)35-22(18)31/h6-8,15,17-21,29-30H,9-10H2,1-5H3/t15-,17-,18-,19-,20-,21+,24+,25-,26+/m1/s1. The second-order valence-electron chi connectivity index (χ2n) is 10.9. The van der Waals surface area contributed by atoms with Crippen molar-refractivity contribution in [2.45, 2.75) is 64.1 Å². The first kappa shape index (κ1) is 24.9. The van der Waals surface area contributed by atoms with Gasteiger partial charge in [0.05, 0.1) is 25.7 Å². The van der Waals surface area contributed by atoms with Crippen molar-refractivity contribution in [1.29, 1.82) is 0 Å². The smallest absolute Gasteiger partial charge is 0.348 e. The van der Waals surface area contributed by atoms with Crippen LogP contribution in [0.1, 0.15) is 34.1 Å². The number of hydrogen-bond acceptors (Lipinski definition) is 10. The van der Waals surface area contributed by atoms with E-state index in [0.29, 0.717) is 16.7 Å². The van der Waals surface area contributed by atoms with Gasteiger partial charge in [0, 0.05) is 29.2 Å². The summed E-state index contributed by atoms with van der Waals surface area (Å²) in [6.45, 7) is 6.73. The summed E-state index contributed by atoms with van der Waals surface area (Å²) in [5.41, 5.74) is -2.53. The van der Waals surface area contributed by atoms with Gasteiger partial charge in [-0.2, -0.15) is 0 Å². The minimum Gasteiger partial charge on any atom is -0.467 e. The first-order valence-corrected chi connectivity index (χ1v) is 11.9. The summed E-state index contributed by atoms with van der Waals surface area (Å²) in [5.74, 6) is -4.92. The van der Waals surface area contributed by atoms with Crippen molar-refractivity contribution in [3.8, 4) is 0 Å². The minimum absolute atomic E-state index is 0.162. The summed E-state index contributed by atoms with van der Waals surface area (Å²) in [5, 5.41) is 23.1. The highest BCUT2D eigenvalue weighted by Crippen LogP contribution is 2.71. The Morgan fingerprint density at radius 2 is 1.89 bits per heavy atom. The summed E-state index contributed by atoms with van der Waals surface area (Å²) in [4.78, 5) is 51.8. The summed E-state index contributed by atoms with van der Waals surface area (Å²) < 4.78 is 22.5. The lowest BCUT2D eigenvalue weighted by molar-refractivity contribution is -0.272. The molecule has 0 aromatic heterocycles. The van der Waals surface area contributed by atoms with E-state index in [2.05, 4.69) is 0 Å². The summed E-state index contributed by atoms with van der Waals surface area (Å²) in [6.07, 6.45) is -1.32. The van der Waals surface area contributed by atoms with Crippen molar-refractivity contribution in [1.82, 2.24) is 0 Å². The highest BCUT2D eigenvalue weighted by molar-refractivity contribution is 6.05. The monoisotopic (exact) mass is 502 g/mol. The summed E-state index contributed by atoms with van der Waals surface area (Å²) in [6, 6.07) is 0. The fraction of sp³-hybridized carbons (Fsp3) is 0.615. The molecule has 0 aromatic rings. The van der Waals surface area contributed by atoms with Gasteiger partial charge in [-0.1, -0.05) is 18.6 Å². The lowest BCUT2D eigenvalue weighted by Crippen LogP contribution is -2.78. The minimum atomic E-state index is -2.17. The average Bonchev–Trinajstić information content (AvgIpc) is 3.12. The second kappa shape index (κ2) is 7.84. The number of carbonyl (C=O) groups excluding carboxylic acids is 4. The fourth-order valence-corrected chi connectivity index (χ4v) is 7.58. The van der Waals surface area contributed by atoms with E-state index in [1.165, 1.54) is 12.2 Å². The number of aliphatic hydroxyl groups is 2. The zero-order valence-corrected chi connectivity index (χ0v) is 20.8. The quantitative estimate of drug-likeness (QED) is 0.319. The molecule has 1 spiro atoms. The first-order valence-electron chi connectivity index (χ1n) is 11.9. The molecule has 0 unspecified atom stereocenters. The van der Waals surface area contributed by atoms with Crippen LogP contribution in [-0.2, 0) is 38.1 Å². The number of esters is 3. The zero-order valence-electron chi connectivity index (χ0n) is 20.8. The number of rotatable bonds is 3. The topological polar surface area (TPSA) is 146 Å². The van der Waals surface area contributed by atoms with Gasteiger partial charge in [-0.3, -0.25) is 4.79 Å². The molecular formula is C26H30O10. The van der Waals surface area contributed by atoms with Crippen molar-refractivity contribution in [2.75, 3.05) is 13.7 Å². The molecule has 10 heteroatoms. The van der Waals surface area contributed by atoms with Gasteiger partial charge in [-0.25, -0.2) is 14.4 Å². The second-order valence-corrected chi connectivity index (χ2v) is 10.9. The predicted octanol–water partition coefficient (Wildman–Crippen LogP) is 0.551. The number of carbonyl (C=O) groups is 4. The molecule has 194 valence electrons. The van der Waals surface area contributed by atoms with Gasteiger partial charge < -0.3 is 29.2 Å². The van der Waals surface area contributed by atoms with E-state index in [9.17, 15) is 29.4 Å². The Labute approximate surface area is 207 Å². The van der Waals surface area contributed by atoms with Crippen LogP contribution >= 0.6 is 0 Å². The average molecular weight is 503 g/mol. The Hall–Kier alpha value is -2.82. The lowest BCUT2D eigenvalue weighted by atomic mass is 9.40. The molecule has 2 heterocycles. The van der Waals surface area contributed by atoms with Crippen LogP contribution in [-0.4, -0.2) is 77.6 Å². The van der Waals surface area contributed by atoms with Crippen LogP contribution in [0.25, 0.3) is 0 Å². The molecule has 2 saturated heterocycles. The van der Waals surface area contributed by atoms with E-state index in [-0.39, 0.29) is 18.8 Å². The van der Waals surface area contributed by atoms with Crippen molar-refractivity contribution < 1.29 is 48.3 Å². The van der Waals surface area contributed by atoms with Gasteiger partial charge in [0.15, 0.2) is 5.78 Å². The molecule has 10 nitrogen and oxygen atoms in total. The third-order valence-electron chi connectivity index (χ3n) is 8.92. The maximum absolute atomic E-state index is 13.3. The van der Waals surface area contributed by atoms with Crippen LogP contribution in [0, 0.1) is 22.7 Å². The Morgan fingerprint density at radius 3 is 2.53 bits per heavy atom. The molecule has 0 radical (unpaired) electrons. The van der Waals surface area contributed by atoms with Crippen molar-refractivity contribution in [3.63, 3.8) is 0 Å². The maximum atomic E-state index is 13.3. The van der Waals surface area contributed by atoms with Crippen LogP contribution in [0.5, 0.6) is 0 Å². The normalized spacial score (nSPS) is 44.3. The fourth-order valence-electron chi connectivity index (χ4n) is 7.58. The van der Waals surface area contributed by atoms with E-state index < -0.39 is 70.6 Å². The number of fused-ring (bicyclic) bond motifs is 2. The molecule has 2 aliphatic heterocycles.